The van der Waals surface area contributed by atoms with Gasteiger partial charge in [-0.3, -0.25) is 5.41 Å². The van der Waals surface area contributed by atoms with Crippen molar-refractivity contribution < 1.29 is 4.79 Å². The number of likely N-dealkylation sites (tertiary alicyclic amines) is 1. The van der Waals surface area contributed by atoms with Crippen LogP contribution in [-0.2, 0) is 0 Å². The number of hydrogen-bond donors (Lipinski definition) is 3. The molecule has 5 heteroatoms. The highest BCUT2D eigenvalue weighted by molar-refractivity contribution is 5.81. The van der Waals surface area contributed by atoms with Gasteiger partial charge < -0.3 is 16.0 Å². The van der Waals surface area contributed by atoms with Gasteiger partial charge in [0.15, 0.2) is 0 Å². The van der Waals surface area contributed by atoms with Gasteiger partial charge in [0, 0.05) is 25.6 Å². The Morgan fingerprint density at radius 3 is 3.00 bits per heavy atom. The van der Waals surface area contributed by atoms with Gasteiger partial charge in [-0.25, -0.2) is 4.79 Å². The molecule has 0 aromatic carbocycles. The molecule has 86 valence electrons. The smallest absolute Gasteiger partial charge is 0.317 e. The van der Waals surface area contributed by atoms with Gasteiger partial charge in [0.1, 0.15) is 0 Å². The van der Waals surface area contributed by atoms with Gasteiger partial charge in [-0.1, -0.05) is 6.92 Å². The van der Waals surface area contributed by atoms with Crippen molar-refractivity contribution in [2.45, 2.75) is 26.2 Å². The number of nitrogens with one attached hydrogen (secondary N) is 2. The summed E-state index contributed by atoms with van der Waals surface area (Å²) >= 11 is 0. The van der Waals surface area contributed by atoms with Gasteiger partial charge in [-0.15, -0.1) is 0 Å². The molecule has 15 heavy (non-hydrogen) atoms. The number of nitrogens with two attached hydrogens (primary N) is 1. The van der Waals surface area contributed by atoms with Crippen LogP contribution in [0.25, 0.3) is 0 Å². The first-order valence-electron chi connectivity index (χ1n) is 5.51. The zero-order valence-corrected chi connectivity index (χ0v) is 9.25. The first-order chi connectivity index (χ1) is 7.15. The maximum Gasteiger partial charge on any atom is 0.317 e. The zero-order chi connectivity index (χ0) is 11.3. The van der Waals surface area contributed by atoms with E-state index in [1.165, 1.54) is 0 Å². The lowest BCUT2D eigenvalue weighted by Crippen LogP contribution is -2.48. The Balaban J connectivity index is 2.41. The van der Waals surface area contributed by atoms with E-state index < -0.39 is 0 Å². The molecule has 1 fully saturated rings. The third-order valence-corrected chi connectivity index (χ3v) is 2.67. The van der Waals surface area contributed by atoms with E-state index in [9.17, 15) is 4.79 Å². The van der Waals surface area contributed by atoms with Crippen molar-refractivity contribution in [2.75, 3.05) is 19.6 Å². The Morgan fingerprint density at radius 2 is 2.40 bits per heavy atom. The highest BCUT2D eigenvalue weighted by Gasteiger charge is 2.24. The number of nitrogens with zero attached hydrogens (tertiary/aromatic N) is 1. The fraction of sp³-hybridized carbons (Fsp3) is 0.800. The van der Waals surface area contributed by atoms with E-state index in [0.717, 1.165) is 25.8 Å². The van der Waals surface area contributed by atoms with E-state index in [0.29, 0.717) is 13.1 Å². The highest BCUT2D eigenvalue weighted by atomic mass is 16.2. The molecular weight excluding hydrogens is 192 g/mol. The van der Waals surface area contributed by atoms with Gasteiger partial charge in [0.25, 0.3) is 0 Å². The van der Waals surface area contributed by atoms with Crippen LogP contribution < -0.4 is 11.1 Å². The molecule has 1 atom stereocenters. The largest absolute Gasteiger partial charge is 0.387 e. The molecular formula is C10H20N4O. The van der Waals surface area contributed by atoms with Gasteiger partial charge in [-0.05, 0) is 19.3 Å². The van der Waals surface area contributed by atoms with Crippen molar-refractivity contribution in [3.8, 4) is 0 Å². The summed E-state index contributed by atoms with van der Waals surface area (Å²) < 4.78 is 0. The normalized spacial score (nSPS) is 21.1. The minimum Gasteiger partial charge on any atom is -0.387 e. The fourth-order valence-corrected chi connectivity index (χ4v) is 1.76. The van der Waals surface area contributed by atoms with Crippen LogP contribution in [0, 0.1) is 11.3 Å². The molecule has 1 heterocycles. The lowest BCUT2D eigenvalue weighted by molar-refractivity contribution is 0.178. The van der Waals surface area contributed by atoms with Crippen molar-refractivity contribution in [1.82, 2.24) is 10.2 Å². The molecule has 0 radical (unpaired) electrons. The van der Waals surface area contributed by atoms with E-state index >= 15 is 0 Å². The summed E-state index contributed by atoms with van der Waals surface area (Å²) in [5, 5.41) is 10.2. The fourth-order valence-electron chi connectivity index (χ4n) is 1.76. The average Bonchev–Trinajstić information content (AvgIpc) is 2.26. The summed E-state index contributed by atoms with van der Waals surface area (Å²) in [6.07, 6.45) is 2.80. The lowest BCUT2D eigenvalue weighted by atomic mass is 9.97. The van der Waals surface area contributed by atoms with Crippen LogP contribution in [0.2, 0.25) is 0 Å². The molecule has 1 aliphatic rings. The quantitative estimate of drug-likeness (QED) is 0.476. The van der Waals surface area contributed by atoms with E-state index in [-0.39, 0.29) is 17.8 Å². The van der Waals surface area contributed by atoms with Crippen molar-refractivity contribution in [3.63, 3.8) is 0 Å². The maximum absolute atomic E-state index is 11.6. The summed E-state index contributed by atoms with van der Waals surface area (Å²) in [5.41, 5.74) is 5.45. The van der Waals surface area contributed by atoms with Crippen molar-refractivity contribution in [2.24, 2.45) is 11.7 Å². The topological polar surface area (TPSA) is 82.2 Å². The highest BCUT2D eigenvalue weighted by Crippen LogP contribution is 2.15. The van der Waals surface area contributed by atoms with E-state index in [4.69, 9.17) is 11.1 Å². The minimum absolute atomic E-state index is 0.0252. The predicted molar refractivity (Wildman–Crippen MR) is 59.9 cm³/mol. The molecule has 5 nitrogen and oxygen atoms in total. The van der Waals surface area contributed by atoms with Crippen LogP contribution >= 0.6 is 0 Å². The van der Waals surface area contributed by atoms with Gasteiger partial charge in [0.2, 0.25) is 0 Å². The maximum atomic E-state index is 11.6. The number of carbonyl (C=O) groups is 1. The van der Waals surface area contributed by atoms with Gasteiger partial charge in [0.05, 0.1) is 5.84 Å². The molecule has 1 saturated heterocycles. The Morgan fingerprint density at radius 1 is 1.67 bits per heavy atom. The Labute approximate surface area is 90.5 Å². The number of urea groups is 1. The third kappa shape index (κ3) is 3.42. The molecule has 0 spiro atoms. The second kappa shape index (κ2) is 5.58. The lowest BCUT2D eigenvalue weighted by Gasteiger charge is -2.32. The number of amidine groups is 1. The van der Waals surface area contributed by atoms with Crippen molar-refractivity contribution >= 4 is 11.9 Å². The van der Waals surface area contributed by atoms with Crippen LogP contribution in [0.5, 0.6) is 0 Å². The van der Waals surface area contributed by atoms with Gasteiger partial charge in [-0.2, -0.15) is 0 Å². The summed E-state index contributed by atoms with van der Waals surface area (Å²) in [5.74, 6) is 0.245. The first kappa shape index (κ1) is 11.8. The Kier molecular flexibility index (Phi) is 4.39. The number of amides is 2. The van der Waals surface area contributed by atoms with Gasteiger partial charge >= 0.3 is 6.03 Å². The van der Waals surface area contributed by atoms with Crippen LogP contribution in [-0.4, -0.2) is 36.4 Å². The third-order valence-electron chi connectivity index (χ3n) is 2.67. The summed E-state index contributed by atoms with van der Waals surface area (Å²) in [4.78, 5) is 13.4. The second-order valence-corrected chi connectivity index (χ2v) is 3.97. The molecule has 0 saturated carbocycles. The van der Waals surface area contributed by atoms with Crippen LogP contribution in [0.1, 0.15) is 26.2 Å². The molecule has 1 unspecified atom stereocenters. The zero-order valence-electron chi connectivity index (χ0n) is 9.25. The SMILES string of the molecule is CCCNC(=O)N1CCCC(C(=N)N)C1. The molecule has 0 aromatic heterocycles. The Bertz CT molecular complexity index is 242. The van der Waals surface area contributed by atoms with E-state index in [1.807, 2.05) is 6.92 Å². The molecule has 1 aliphatic heterocycles. The molecule has 0 aliphatic carbocycles. The Hall–Kier alpha value is -1.26. The van der Waals surface area contributed by atoms with Crippen LogP contribution in [0.3, 0.4) is 0 Å². The predicted octanol–water partition coefficient (Wildman–Crippen LogP) is 0.754. The molecule has 0 aromatic rings. The first-order valence-corrected chi connectivity index (χ1v) is 5.51. The second-order valence-electron chi connectivity index (χ2n) is 3.97. The van der Waals surface area contributed by atoms with E-state index in [2.05, 4.69) is 5.32 Å². The number of carbonyl (C=O) groups excluding carboxylic acids is 1. The monoisotopic (exact) mass is 212 g/mol. The average molecular weight is 212 g/mol. The summed E-state index contributed by atoms with van der Waals surface area (Å²) in [6.45, 7) is 4.10. The molecule has 0 bridgehead atoms. The number of piperidine rings is 1. The number of hydrogen-bond acceptors (Lipinski definition) is 2. The standard InChI is InChI=1S/C10H20N4O/c1-2-5-13-10(15)14-6-3-4-8(7-14)9(11)12/h8H,2-7H2,1H3,(H3,11,12)(H,13,15). The minimum atomic E-state index is -0.0252. The van der Waals surface area contributed by atoms with E-state index in [1.54, 1.807) is 4.90 Å². The van der Waals surface area contributed by atoms with Crippen molar-refractivity contribution in [3.05, 3.63) is 0 Å². The van der Waals surface area contributed by atoms with Crippen LogP contribution in [0.4, 0.5) is 4.79 Å². The van der Waals surface area contributed by atoms with Crippen LogP contribution in [0.15, 0.2) is 0 Å². The number of rotatable bonds is 3. The summed E-state index contributed by atoms with van der Waals surface area (Å²) in [7, 11) is 0. The van der Waals surface area contributed by atoms with Crippen molar-refractivity contribution in [1.29, 1.82) is 5.41 Å². The molecule has 2 amide bonds. The molecule has 1 rings (SSSR count). The molecule has 4 N–H and O–H groups in total. The summed E-state index contributed by atoms with van der Waals surface area (Å²) in [6, 6.07) is -0.0252.